The van der Waals surface area contributed by atoms with Crippen LogP contribution in [0, 0.1) is 5.92 Å². The Labute approximate surface area is 127 Å². The molecule has 0 spiro atoms. The van der Waals surface area contributed by atoms with Crippen LogP contribution in [0.3, 0.4) is 0 Å². The van der Waals surface area contributed by atoms with Crippen LogP contribution in [0.4, 0.5) is 11.6 Å². The highest BCUT2D eigenvalue weighted by Crippen LogP contribution is 2.29. The van der Waals surface area contributed by atoms with E-state index in [4.69, 9.17) is 4.74 Å². The molecule has 2 N–H and O–H groups in total. The fourth-order valence-electron chi connectivity index (χ4n) is 2.92. The van der Waals surface area contributed by atoms with Gasteiger partial charge in [-0.1, -0.05) is 19.8 Å². The monoisotopic (exact) mass is 292 g/mol. The summed E-state index contributed by atoms with van der Waals surface area (Å²) >= 11 is 0. The Hall–Kier alpha value is -1.36. The van der Waals surface area contributed by atoms with Gasteiger partial charge >= 0.3 is 0 Å². The van der Waals surface area contributed by atoms with Gasteiger partial charge in [0.05, 0.1) is 0 Å². The first-order valence-corrected chi connectivity index (χ1v) is 8.10. The van der Waals surface area contributed by atoms with Crippen LogP contribution in [0.25, 0.3) is 0 Å². The van der Waals surface area contributed by atoms with E-state index >= 15 is 0 Å². The molecule has 1 heterocycles. The van der Waals surface area contributed by atoms with Crippen molar-refractivity contribution in [3.8, 4) is 0 Å². The second-order valence-corrected chi connectivity index (χ2v) is 5.89. The summed E-state index contributed by atoms with van der Waals surface area (Å²) in [6.07, 6.45) is 6.44. The van der Waals surface area contributed by atoms with Crippen molar-refractivity contribution in [1.82, 2.24) is 9.97 Å². The third-order valence-corrected chi connectivity index (χ3v) is 4.08. The van der Waals surface area contributed by atoms with Crippen molar-refractivity contribution in [2.75, 3.05) is 24.3 Å². The lowest BCUT2D eigenvalue weighted by Crippen LogP contribution is -2.24. The van der Waals surface area contributed by atoms with Crippen LogP contribution in [0.15, 0.2) is 6.07 Å². The van der Waals surface area contributed by atoms with Gasteiger partial charge < -0.3 is 15.4 Å². The number of aromatic nitrogens is 2. The van der Waals surface area contributed by atoms with E-state index in [0.717, 1.165) is 36.3 Å². The first-order chi connectivity index (χ1) is 10.2. The Bertz CT molecular complexity index is 432. The van der Waals surface area contributed by atoms with Crippen LogP contribution in [0.1, 0.15) is 51.8 Å². The number of hydrogen-bond donors (Lipinski definition) is 2. The summed E-state index contributed by atoms with van der Waals surface area (Å²) in [7, 11) is 1.67. The predicted octanol–water partition coefficient (Wildman–Crippen LogP) is 3.44. The molecule has 118 valence electrons. The molecule has 1 aliphatic rings. The standard InChI is InChI=1S/C16H28N4O/c1-4-9-17-14-10-15(20-16(19-14)11-21-3)18-12(2)13-7-5-6-8-13/h10,12-13H,4-9,11H2,1-3H3,(H2,17,18,19,20). The second kappa shape index (κ2) is 8.17. The Morgan fingerprint density at radius 2 is 2.00 bits per heavy atom. The van der Waals surface area contributed by atoms with Crippen molar-refractivity contribution in [1.29, 1.82) is 0 Å². The summed E-state index contributed by atoms with van der Waals surface area (Å²) in [6, 6.07) is 2.46. The average Bonchev–Trinajstić information content (AvgIpc) is 2.99. The highest BCUT2D eigenvalue weighted by Gasteiger charge is 2.21. The molecule has 0 radical (unpaired) electrons. The van der Waals surface area contributed by atoms with Crippen LogP contribution in [-0.2, 0) is 11.3 Å². The molecule has 0 aliphatic heterocycles. The van der Waals surface area contributed by atoms with Gasteiger partial charge in [-0.2, -0.15) is 0 Å². The lowest BCUT2D eigenvalue weighted by Gasteiger charge is -2.21. The number of methoxy groups -OCH3 is 1. The Balaban J connectivity index is 2.06. The van der Waals surface area contributed by atoms with Crippen LogP contribution in [0.2, 0.25) is 0 Å². The maximum Gasteiger partial charge on any atom is 0.158 e. The molecule has 1 aliphatic carbocycles. The van der Waals surface area contributed by atoms with E-state index in [-0.39, 0.29) is 0 Å². The molecule has 5 heteroatoms. The zero-order chi connectivity index (χ0) is 15.1. The molecule has 0 bridgehead atoms. The molecule has 21 heavy (non-hydrogen) atoms. The summed E-state index contributed by atoms with van der Waals surface area (Å²) in [4.78, 5) is 9.03. The summed E-state index contributed by atoms with van der Waals surface area (Å²) in [5.74, 6) is 3.26. The number of ether oxygens (including phenoxy) is 1. The molecule has 1 unspecified atom stereocenters. The molecule has 1 fully saturated rings. The van der Waals surface area contributed by atoms with Gasteiger partial charge in [0.25, 0.3) is 0 Å². The van der Waals surface area contributed by atoms with E-state index in [1.807, 2.05) is 6.07 Å². The molecular weight excluding hydrogens is 264 g/mol. The van der Waals surface area contributed by atoms with E-state index in [0.29, 0.717) is 12.6 Å². The van der Waals surface area contributed by atoms with Crippen molar-refractivity contribution in [3.05, 3.63) is 11.9 Å². The lowest BCUT2D eigenvalue weighted by molar-refractivity contribution is 0.178. The van der Waals surface area contributed by atoms with E-state index in [1.54, 1.807) is 7.11 Å². The van der Waals surface area contributed by atoms with Gasteiger partial charge in [-0.05, 0) is 32.1 Å². The van der Waals surface area contributed by atoms with Gasteiger partial charge in [0, 0.05) is 25.8 Å². The fourth-order valence-corrected chi connectivity index (χ4v) is 2.92. The normalized spacial score (nSPS) is 16.9. The molecule has 0 amide bonds. The maximum absolute atomic E-state index is 5.17. The average molecular weight is 292 g/mol. The van der Waals surface area contributed by atoms with Crippen molar-refractivity contribution >= 4 is 11.6 Å². The van der Waals surface area contributed by atoms with Gasteiger partial charge in [0.1, 0.15) is 18.2 Å². The fraction of sp³-hybridized carbons (Fsp3) is 0.750. The van der Waals surface area contributed by atoms with Crippen molar-refractivity contribution < 1.29 is 4.74 Å². The zero-order valence-corrected chi connectivity index (χ0v) is 13.5. The van der Waals surface area contributed by atoms with Crippen LogP contribution in [0.5, 0.6) is 0 Å². The number of nitrogens with one attached hydrogen (secondary N) is 2. The second-order valence-electron chi connectivity index (χ2n) is 5.89. The first-order valence-electron chi connectivity index (χ1n) is 8.10. The Morgan fingerprint density at radius 1 is 1.29 bits per heavy atom. The van der Waals surface area contributed by atoms with Gasteiger partial charge in [-0.3, -0.25) is 0 Å². The molecule has 0 saturated heterocycles. The topological polar surface area (TPSA) is 59.1 Å². The predicted molar refractivity (Wildman–Crippen MR) is 86.6 cm³/mol. The molecule has 2 rings (SSSR count). The summed E-state index contributed by atoms with van der Waals surface area (Å²) < 4.78 is 5.17. The Morgan fingerprint density at radius 3 is 2.67 bits per heavy atom. The summed E-state index contributed by atoms with van der Waals surface area (Å²) in [5, 5.41) is 6.88. The lowest BCUT2D eigenvalue weighted by atomic mass is 10.00. The minimum absolute atomic E-state index is 0.439. The minimum atomic E-state index is 0.439. The third-order valence-electron chi connectivity index (χ3n) is 4.08. The van der Waals surface area contributed by atoms with E-state index in [1.165, 1.54) is 25.7 Å². The van der Waals surface area contributed by atoms with Gasteiger partial charge in [0.15, 0.2) is 5.82 Å². The van der Waals surface area contributed by atoms with Gasteiger partial charge in [0.2, 0.25) is 0 Å². The third kappa shape index (κ3) is 4.84. The molecule has 1 aromatic heterocycles. The van der Waals surface area contributed by atoms with Crippen molar-refractivity contribution in [2.45, 2.75) is 58.6 Å². The quantitative estimate of drug-likeness (QED) is 0.768. The van der Waals surface area contributed by atoms with E-state index in [9.17, 15) is 0 Å². The molecule has 0 aromatic carbocycles. The van der Waals surface area contributed by atoms with Crippen LogP contribution < -0.4 is 10.6 Å². The number of rotatable bonds is 8. The maximum atomic E-state index is 5.17. The van der Waals surface area contributed by atoms with E-state index in [2.05, 4.69) is 34.4 Å². The minimum Gasteiger partial charge on any atom is -0.377 e. The van der Waals surface area contributed by atoms with Gasteiger partial charge in [-0.15, -0.1) is 0 Å². The van der Waals surface area contributed by atoms with Crippen LogP contribution in [-0.4, -0.2) is 29.7 Å². The molecular formula is C16H28N4O. The largest absolute Gasteiger partial charge is 0.377 e. The smallest absolute Gasteiger partial charge is 0.158 e. The molecule has 1 atom stereocenters. The highest BCUT2D eigenvalue weighted by atomic mass is 16.5. The first kappa shape index (κ1) is 16.0. The summed E-state index contributed by atoms with van der Waals surface area (Å²) in [6.45, 7) is 5.76. The molecule has 5 nitrogen and oxygen atoms in total. The SMILES string of the molecule is CCCNc1cc(NC(C)C2CCCC2)nc(COC)n1. The Kier molecular flexibility index (Phi) is 6.23. The van der Waals surface area contributed by atoms with Crippen LogP contribution >= 0.6 is 0 Å². The number of nitrogens with zero attached hydrogens (tertiary/aromatic N) is 2. The number of hydrogen-bond acceptors (Lipinski definition) is 5. The molecule has 1 saturated carbocycles. The number of anilines is 2. The summed E-state index contributed by atoms with van der Waals surface area (Å²) in [5.41, 5.74) is 0. The van der Waals surface area contributed by atoms with Crippen molar-refractivity contribution in [2.24, 2.45) is 5.92 Å². The van der Waals surface area contributed by atoms with Crippen molar-refractivity contribution in [3.63, 3.8) is 0 Å². The highest BCUT2D eigenvalue weighted by molar-refractivity contribution is 5.48. The van der Waals surface area contributed by atoms with Gasteiger partial charge in [-0.25, -0.2) is 9.97 Å². The zero-order valence-electron chi connectivity index (χ0n) is 13.5. The van der Waals surface area contributed by atoms with E-state index < -0.39 is 0 Å². The molecule has 1 aromatic rings.